The fourth-order valence-electron chi connectivity index (χ4n) is 1.89. The van der Waals surface area contributed by atoms with Gasteiger partial charge in [0.05, 0.1) is 19.5 Å². The van der Waals surface area contributed by atoms with Crippen molar-refractivity contribution in [3.05, 3.63) is 34.4 Å². The zero-order valence-electron chi connectivity index (χ0n) is 10.3. The summed E-state index contributed by atoms with van der Waals surface area (Å²) in [5.41, 5.74) is 6.14. The van der Waals surface area contributed by atoms with E-state index in [2.05, 4.69) is 22.7 Å². The summed E-state index contributed by atoms with van der Waals surface area (Å²) in [5.74, 6) is -0.158. The molecule has 0 aliphatic rings. The molecule has 2 aromatic rings. The number of ether oxygens (including phenoxy) is 1. The van der Waals surface area contributed by atoms with E-state index in [9.17, 15) is 4.79 Å². The van der Waals surface area contributed by atoms with Crippen LogP contribution in [0.4, 0.5) is 5.82 Å². The first-order chi connectivity index (χ1) is 8.69. The molecule has 5 nitrogen and oxygen atoms in total. The molecule has 1 atom stereocenters. The van der Waals surface area contributed by atoms with Gasteiger partial charge >= 0.3 is 5.97 Å². The smallest absolute Gasteiger partial charge is 0.360 e. The summed E-state index contributed by atoms with van der Waals surface area (Å²) in [4.78, 5) is 16.7. The molecule has 0 saturated carbocycles. The van der Waals surface area contributed by atoms with Gasteiger partial charge < -0.3 is 15.0 Å². The summed E-state index contributed by atoms with van der Waals surface area (Å²) in [6, 6.07) is 4.16. The number of nitrogens with two attached hydrogens (primary N) is 1. The molecule has 2 aromatic heterocycles. The number of imidazole rings is 1. The summed E-state index contributed by atoms with van der Waals surface area (Å²) < 4.78 is 6.46. The van der Waals surface area contributed by atoms with Crippen molar-refractivity contribution in [1.82, 2.24) is 9.55 Å². The van der Waals surface area contributed by atoms with E-state index in [1.165, 1.54) is 12.0 Å². The average molecular weight is 265 g/mol. The highest BCUT2D eigenvalue weighted by Crippen LogP contribution is 2.29. The molecule has 0 fully saturated rings. The first-order valence-electron chi connectivity index (χ1n) is 5.63. The summed E-state index contributed by atoms with van der Waals surface area (Å²) in [6.07, 6.45) is 2.47. The maximum atomic E-state index is 11.5. The summed E-state index contributed by atoms with van der Waals surface area (Å²) in [5, 5.41) is 2.02. The van der Waals surface area contributed by atoms with Crippen LogP contribution in [0.25, 0.3) is 0 Å². The molecule has 2 rings (SSSR count). The maximum absolute atomic E-state index is 11.5. The number of anilines is 1. The van der Waals surface area contributed by atoms with Crippen molar-refractivity contribution in [2.75, 3.05) is 12.8 Å². The Kier molecular flexibility index (Phi) is 3.66. The number of carbonyl (C=O) groups is 1. The quantitative estimate of drug-likeness (QED) is 0.861. The number of methoxy groups -OCH3 is 1. The number of hydrogen-bond donors (Lipinski definition) is 1. The number of nitrogen functional groups attached to an aromatic ring is 1. The van der Waals surface area contributed by atoms with Gasteiger partial charge in [-0.2, -0.15) is 0 Å². The van der Waals surface area contributed by atoms with Gasteiger partial charge in [-0.25, -0.2) is 9.78 Å². The number of aromatic nitrogens is 2. The largest absolute Gasteiger partial charge is 0.464 e. The van der Waals surface area contributed by atoms with Crippen molar-refractivity contribution in [2.45, 2.75) is 19.4 Å². The van der Waals surface area contributed by atoms with Gasteiger partial charge in [-0.15, -0.1) is 11.3 Å². The average Bonchev–Trinajstić information content (AvgIpc) is 3.01. The number of carbonyl (C=O) groups excluding carboxylic acids is 1. The fourth-order valence-corrected chi connectivity index (χ4v) is 2.80. The Balaban J connectivity index is 2.39. The first-order valence-corrected chi connectivity index (χ1v) is 6.51. The van der Waals surface area contributed by atoms with E-state index in [1.807, 2.05) is 16.0 Å². The van der Waals surface area contributed by atoms with Crippen molar-refractivity contribution in [2.24, 2.45) is 0 Å². The van der Waals surface area contributed by atoms with E-state index < -0.39 is 5.97 Å². The third-order valence-corrected chi connectivity index (χ3v) is 3.78. The molecule has 0 radical (unpaired) electrons. The van der Waals surface area contributed by atoms with Gasteiger partial charge in [0.25, 0.3) is 0 Å². The Morgan fingerprint density at radius 1 is 1.67 bits per heavy atom. The molecule has 0 spiro atoms. The van der Waals surface area contributed by atoms with E-state index >= 15 is 0 Å². The molecule has 2 N–H and O–H groups in total. The van der Waals surface area contributed by atoms with Crippen LogP contribution in [0.5, 0.6) is 0 Å². The molecular weight excluding hydrogens is 250 g/mol. The predicted molar refractivity (Wildman–Crippen MR) is 70.7 cm³/mol. The van der Waals surface area contributed by atoms with Crippen molar-refractivity contribution in [1.29, 1.82) is 0 Å². The zero-order valence-corrected chi connectivity index (χ0v) is 11.1. The fraction of sp³-hybridized carbons (Fsp3) is 0.333. The van der Waals surface area contributed by atoms with Crippen LogP contribution in [0, 0.1) is 0 Å². The number of nitrogens with zero attached hydrogens (tertiary/aromatic N) is 2. The minimum absolute atomic E-state index is 0.107. The third-order valence-electron chi connectivity index (χ3n) is 2.80. The molecule has 0 aliphatic carbocycles. The zero-order chi connectivity index (χ0) is 13.1. The highest BCUT2D eigenvalue weighted by molar-refractivity contribution is 7.10. The van der Waals surface area contributed by atoms with Crippen LogP contribution in [0.3, 0.4) is 0 Å². The van der Waals surface area contributed by atoms with Crippen LogP contribution in [-0.4, -0.2) is 22.6 Å². The van der Waals surface area contributed by atoms with Crippen LogP contribution in [0.2, 0.25) is 0 Å². The summed E-state index contributed by atoms with van der Waals surface area (Å²) in [6.45, 7) is 2.07. The lowest BCUT2D eigenvalue weighted by atomic mass is 10.2. The van der Waals surface area contributed by atoms with E-state index in [0.717, 1.165) is 6.42 Å². The normalized spacial score (nSPS) is 12.3. The van der Waals surface area contributed by atoms with Crippen LogP contribution in [0.1, 0.15) is 34.8 Å². The van der Waals surface area contributed by atoms with Gasteiger partial charge in [0.15, 0.2) is 5.69 Å². The Labute approximate surface area is 109 Å². The molecule has 0 aliphatic heterocycles. The maximum Gasteiger partial charge on any atom is 0.360 e. The monoisotopic (exact) mass is 265 g/mol. The molecule has 0 amide bonds. The predicted octanol–water partition coefficient (Wildman–Crippen LogP) is 2.31. The molecule has 6 heteroatoms. The Bertz CT molecular complexity index is 534. The van der Waals surface area contributed by atoms with Gasteiger partial charge in [0.1, 0.15) is 5.82 Å². The van der Waals surface area contributed by atoms with Crippen molar-refractivity contribution < 1.29 is 9.53 Å². The highest BCUT2D eigenvalue weighted by atomic mass is 32.1. The number of esters is 1. The van der Waals surface area contributed by atoms with Gasteiger partial charge in [0.2, 0.25) is 0 Å². The van der Waals surface area contributed by atoms with Gasteiger partial charge in [-0.05, 0) is 17.9 Å². The van der Waals surface area contributed by atoms with Crippen LogP contribution in [-0.2, 0) is 4.74 Å². The Morgan fingerprint density at radius 2 is 2.44 bits per heavy atom. The van der Waals surface area contributed by atoms with Gasteiger partial charge in [0, 0.05) is 4.88 Å². The van der Waals surface area contributed by atoms with Crippen LogP contribution in [0.15, 0.2) is 23.8 Å². The molecule has 0 aromatic carbocycles. The number of hydrogen-bond acceptors (Lipinski definition) is 5. The standard InChI is InChI=1S/C12H15N3O2S/c1-3-8(9-5-4-6-18-9)15-7-14-10(11(15)13)12(16)17-2/h4-8H,3,13H2,1-2H3. The molecule has 18 heavy (non-hydrogen) atoms. The Hall–Kier alpha value is -1.82. The first kappa shape index (κ1) is 12.6. The van der Waals surface area contributed by atoms with Crippen molar-refractivity contribution in [3.8, 4) is 0 Å². The van der Waals surface area contributed by atoms with E-state index in [4.69, 9.17) is 5.73 Å². The molecule has 96 valence electrons. The SMILES string of the molecule is CCC(c1cccs1)n1cnc(C(=O)OC)c1N. The molecule has 0 bridgehead atoms. The van der Waals surface area contributed by atoms with E-state index in [1.54, 1.807) is 17.7 Å². The lowest BCUT2D eigenvalue weighted by molar-refractivity contribution is 0.0596. The molecule has 1 unspecified atom stereocenters. The minimum atomic E-state index is -0.507. The lowest BCUT2D eigenvalue weighted by Gasteiger charge is -2.16. The second-order valence-electron chi connectivity index (χ2n) is 3.82. The topological polar surface area (TPSA) is 70.1 Å². The van der Waals surface area contributed by atoms with E-state index in [-0.39, 0.29) is 11.7 Å². The second-order valence-corrected chi connectivity index (χ2v) is 4.80. The highest BCUT2D eigenvalue weighted by Gasteiger charge is 2.21. The van der Waals surface area contributed by atoms with Crippen LogP contribution < -0.4 is 5.73 Å². The van der Waals surface area contributed by atoms with Crippen molar-refractivity contribution in [3.63, 3.8) is 0 Å². The molecule has 0 saturated heterocycles. The third kappa shape index (κ3) is 2.11. The lowest BCUT2D eigenvalue weighted by Crippen LogP contribution is -2.12. The summed E-state index contributed by atoms with van der Waals surface area (Å²) >= 11 is 1.66. The summed E-state index contributed by atoms with van der Waals surface area (Å²) in [7, 11) is 1.32. The Morgan fingerprint density at radius 3 is 3.00 bits per heavy atom. The van der Waals surface area contributed by atoms with Crippen LogP contribution >= 0.6 is 11.3 Å². The van der Waals surface area contributed by atoms with E-state index in [0.29, 0.717) is 5.82 Å². The minimum Gasteiger partial charge on any atom is -0.464 e. The van der Waals surface area contributed by atoms with Gasteiger partial charge in [-0.3, -0.25) is 0 Å². The number of thiophene rings is 1. The molecule has 2 heterocycles. The van der Waals surface area contributed by atoms with Gasteiger partial charge in [-0.1, -0.05) is 13.0 Å². The van der Waals surface area contributed by atoms with Crippen molar-refractivity contribution >= 4 is 23.1 Å². The second kappa shape index (κ2) is 5.22. The number of rotatable bonds is 4. The molecular formula is C12H15N3O2S.